The molecular formula is C26H33ClN4O2. The van der Waals surface area contributed by atoms with Crippen molar-refractivity contribution in [1.29, 1.82) is 0 Å². The molecule has 1 N–H and O–H groups in total. The number of aryl methyl sites for hydroxylation is 1. The summed E-state index contributed by atoms with van der Waals surface area (Å²) in [6, 6.07) is 7.44. The van der Waals surface area contributed by atoms with E-state index in [0.717, 1.165) is 61.5 Å². The van der Waals surface area contributed by atoms with Crippen LogP contribution in [0.3, 0.4) is 0 Å². The normalized spacial score (nSPS) is 19.6. The highest BCUT2D eigenvalue weighted by Crippen LogP contribution is 2.30. The fourth-order valence-electron chi connectivity index (χ4n) is 5.06. The zero-order valence-electron chi connectivity index (χ0n) is 19.7. The van der Waals surface area contributed by atoms with E-state index in [-0.39, 0.29) is 17.9 Å². The van der Waals surface area contributed by atoms with Gasteiger partial charge < -0.3 is 10.2 Å². The molecule has 176 valence electrons. The summed E-state index contributed by atoms with van der Waals surface area (Å²) in [4.78, 5) is 34.3. The van der Waals surface area contributed by atoms with E-state index in [1.54, 1.807) is 24.4 Å². The molecule has 2 fully saturated rings. The Labute approximate surface area is 201 Å². The molecule has 33 heavy (non-hydrogen) atoms. The number of hydrogen-bond donors (Lipinski definition) is 1. The Morgan fingerprint density at radius 2 is 1.91 bits per heavy atom. The standard InChI is InChI=1S/C26H33ClN4O2/c1-17-12-21(8-9-28-17)25(32)29-24-14-23(27)13-22(19(24)3)16-30-10-11-31(18(2)15-30)26(33)20-6-4-5-7-20/h8-9,12-14,18,20H,4-7,10-11,15-16H2,1-3H3,(H,29,32). The monoisotopic (exact) mass is 468 g/mol. The summed E-state index contributed by atoms with van der Waals surface area (Å²) in [6.07, 6.45) is 6.08. The largest absolute Gasteiger partial charge is 0.337 e. The fourth-order valence-corrected chi connectivity index (χ4v) is 5.30. The number of amides is 2. The summed E-state index contributed by atoms with van der Waals surface area (Å²) < 4.78 is 0. The summed E-state index contributed by atoms with van der Waals surface area (Å²) in [5, 5.41) is 3.61. The van der Waals surface area contributed by atoms with Gasteiger partial charge in [-0.1, -0.05) is 24.4 Å². The van der Waals surface area contributed by atoms with Gasteiger partial charge >= 0.3 is 0 Å². The number of aromatic nitrogens is 1. The van der Waals surface area contributed by atoms with Crippen molar-refractivity contribution in [2.75, 3.05) is 25.0 Å². The molecule has 0 radical (unpaired) electrons. The predicted molar refractivity (Wildman–Crippen MR) is 132 cm³/mol. The molecule has 0 bridgehead atoms. The zero-order chi connectivity index (χ0) is 23.5. The van der Waals surface area contributed by atoms with Crippen molar-refractivity contribution in [3.05, 3.63) is 57.9 Å². The lowest BCUT2D eigenvalue weighted by Crippen LogP contribution is -2.54. The number of nitrogens with zero attached hydrogens (tertiary/aromatic N) is 3. The third kappa shape index (κ3) is 5.56. The summed E-state index contributed by atoms with van der Waals surface area (Å²) >= 11 is 6.43. The van der Waals surface area contributed by atoms with Crippen LogP contribution in [0.15, 0.2) is 30.5 Å². The molecule has 6 nitrogen and oxygen atoms in total. The minimum absolute atomic E-state index is 0.176. The van der Waals surface area contributed by atoms with Gasteiger partial charge in [0.2, 0.25) is 5.91 Å². The van der Waals surface area contributed by atoms with E-state index in [1.807, 2.05) is 19.9 Å². The molecule has 1 saturated heterocycles. The van der Waals surface area contributed by atoms with Gasteiger partial charge in [-0.05, 0) is 69.0 Å². The van der Waals surface area contributed by atoms with E-state index in [1.165, 1.54) is 12.8 Å². The maximum atomic E-state index is 12.9. The van der Waals surface area contributed by atoms with Crippen molar-refractivity contribution >= 4 is 29.1 Å². The SMILES string of the molecule is Cc1cc(C(=O)Nc2cc(Cl)cc(CN3CCN(C(=O)C4CCCC4)C(C)C3)c2C)ccn1. The van der Waals surface area contributed by atoms with Crippen LogP contribution in [0, 0.1) is 19.8 Å². The van der Waals surface area contributed by atoms with E-state index >= 15 is 0 Å². The third-order valence-electron chi connectivity index (χ3n) is 6.98. The Kier molecular flexibility index (Phi) is 7.35. The predicted octanol–water partition coefficient (Wildman–Crippen LogP) is 4.83. The second-order valence-corrected chi connectivity index (χ2v) is 9.91. The van der Waals surface area contributed by atoms with Gasteiger partial charge in [0.1, 0.15) is 0 Å². The number of piperazine rings is 1. The quantitative estimate of drug-likeness (QED) is 0.682. The minimum Gasteiger partial charge on any atom is -0.337 e. The Morgan fingerprint density at radius 1 is 1.15 bits per heavy atom. The average Bonchev–Trinajstić information content (AvgIpc) is 3.31. The molecule has 1 aromatic carbocycles. The van der Waals surface area contributed by atoms with E-state index in [4.69, 9.17) is 11.6 Å². The molecular weight excluding hydrogens is 436 g/mol. The zero-order valence-corrected chi connectivity index (χ0v) is 20.5. The van der Waals surface area contributed by atoms with Crippen molar-refractivity contribution in [3.63, 3.8) is 0 Å². The summed E-state index contributed by atoms with van der Waals surface area (Å²) in [7, 11) is 0. The molecule has 2 aromatic rings. The number of nitrogens with one attached hydrogen (secondary N) is 1. The maximum Gasteiger partial charge on any atom is 0.255 e. The minimum atomic E-state index is -0.176. The van der Waals surface area contributed by atoms with Crippen LogP contribution in [-0.2, 0) is 11.3 Å². The van der Waals surface area contributed by atoms with Crippen LogP contribution in [0.5, 0.6) is 0 Å². The molecule has 1 saturated carbocycles. The number of carbonyl (C=O) groups is 2. The highest BCUT2D eigenvalue weighted by molar-refractivity contribution is 6.31. The maximum absolute atomic E-state index is 12.9. The van der Waals surface area contributed by atoms with Gasteiger partial charge in [0, 0.05) is 66.3 Å². The molecule has 1 unspecified atom stereocenters. The molecule has 1 aliphatic heterocycles. The highest BCUT2D eigenvalue weighted by atomic mass is 35.5. The van der Waals surface area contributed by atoms with Gasteiger partial charge in [-0.15, -0.1) is 0 Å². The number of benzene rings is 1. The number of anilines is 1. The fraction of sp³-hybridized carbons (Fsp3) is 0.500. The Morgan fingerprint density at radius 3 is 2.61 bits per heavy atom. The molecule has 2 amide bonds. The molecule has 7 heteroatoms. The first kappa shape index (κ1) is 23.7. The van der Waals surface area contributed by atoms with E-state index in [0.29, 0.717) is 16.5 Å². The molecule has 4 rings (SSSR count). The second kappa shape index (κ2) is 10.2. The summed E-state index contributed by atoms with van der Waals surface area (Å²) in [5.41, 5.74) is 4.19. The summed E-state index contributed by atoms with van der Waals surface area (Å²) in [6.45, 7) is 9.20. The van der Waals surface area contributed by atoms with Crippen LogP contribution in [-0.4, -0.2) is 52.3 Å². The first-order valence-corrected chi connectivity index (χ1v) is 12.3. The topological polar surface area (TPSA) is 65.5 Å². The number of rotatable bonds is 5. The molecule has 1 aromatic heterocycles. The van der Waals surface area contributed by atoms with Crippen molar-refractivity contribution in [2.24, 2.45) is 5.92 Å². The number of pyridine rings is 1. The van der Waals surface area contributed by atoms with Crippen molar-refractivity contribution in [1.82, 2.24) is 14.8 Å². The smallest absolute Gasteiger partial charge is 0.255 e. The summed E-state index contributed by atoms with van der Waals surface area (Å²) in [5.74, 6) is 0.393. The van der Waals surface area contributed by atoms with E-state index < -0.39 is 0 Å². The molecule has 0 spiro atoms. The van der Waals surface area contributed by atoms with E-state index in [9.17, 15) is 9.59 Å². The van der Waals surface area contributed by atoms with Gasteiger partial charge in [-0.25, -0.2) is 0 Å². The van der Waals surface area contributed by atoms with Crippen LogP contribution in [0.2, 0.25) is 5.02 Å². The van der Waals surface area contributed by atoms with Crippen LogP contribution in [0.1, 0.15) is 59.8 Å². The molecule has 1 aliphatic carbocycles. The Balaban J connectivity index is 1.43. The molecule has 2 aliphatic rings. The first-order valence-electron chi connectivity index (χ1n) is 11.9. The van der Waals surface area contributed by atoms with Gasteiger partial charge in [0.15, 0.2) is 0 Å². The number of hydrogen-bond acceptors (Lipinski definition) is 4. The van der Waals surface area contributed by atoms with Crippen LogP contribution < -0.4 is 5.32 Å². The molecule has 1 atom stereocenters. The number of halogens is 1. The van der Waals surface area contributed by atoms with Gasteiger partial charge in [0.25, 0.3) is 5.91 Å². The van der Waals surface area contributed by atoms with E-state index in [2.05, 4.69) is 27.0 Å². The highest BCUT2D eigenvalue weighted by Gasteiger charge is 2.33. The number of carbonyl (C=O) groups excluding carboxylic acids is 2. The second-order valence-electron chi connectivity index (χ2n) is 9.47. The first-order chi connectivity index (χ1) is 15.8. The van der Waals surface area contributed by atoms with Crippen LogP contribution in [0.4, 0.5) is 5.69 Å². The Bertz CT molecular complexity index is 1030. The van der Waals surface area contributed by atoms with Crippen molar-refractivity contribution in [2.45, 2.75) is 59.0 Å². The van der Waals surface area contributed by atoms with Gasteiger partial charge in [0.05, 0.1) is 0 Å². The third-order valence-corrected chi connectivity index (χ3v) is 7.20. The van der Waals surface area contributed by atoms with Crippen LogP contribution in [0.25, 0.3) is 0 Å². The lowest BCUT2D eigenvalue weighted by Gasteiger charge is -2.41. The Hall–Kier alpha value is -2.44. The van der Waals surface area contributed by atoms with Gasteiger partial charge in [-0.2, -0.15) is 0 Å². The average molecular weight is 469 g/mol. The van der Waals surface area contributed by atoms with Crippen molar-refractivity contribution < 1.29 is 9.59 Å². The molecule has 2 heterocycles. The van der Waals surface area contributed by atoms with Crippen LogP contribution >= 0.6 is 11.6 Å². The van der Waals surface area contributed by atoms with Gasteiger partial charge in [-0.3, -0.25) is 19.5 Å². The lowest BCUT2D eigenvalue weighted by atomic mass is 10.0. The lowest BCUT2D eigenvalue weighted by molar-refractivity contribution is -0.140. The van der Waals surface area contributed by atoms with Crippen molar-refractivity contribution in [3.8, 4) is 0 Å².